The van der Waals surface area contributed by atoms with Crippen LogP contribution in [-0.4, -0.2) is 45.6 Å². The molecule has 196 valence electrons. The van der Waals surface area contributed by atoms with Crippen molar-refractivity contribution in [3.05, 3.63) is 72.6 Å². The van der Waals surface area contributed by atoms with Crippen molar-refractivity contribution in [1.29, 1.82) is 0 Å². The van der Waals surface area contributed by atoms with Crippen LogP contribution in [0.15, 0.2) is 67.0 Å². The van der Waals surface area contributed by atoms with E-state index in [-0.39, 0.29) is 11.8 Å². The molecule has 9 nitrogen and oxygen atoms in total. The van der Waals surface area contributed by atoms with Crippen molar-refractivity contribution in [2.45, 2.75) is 26.4 Å². The Kier molecular flexibility index (Phi) is 7.32. The summed E-state index contributed by atoms with van der Waals surface area (Å²) in [4.78, 5) is 33.4. The number of hydrogen-bond donors (Lipinski definition) is 3. The van der Waals surface area contributed by atoms with E-state index in [0.717, 1.165) is 27.8 Å². The third kappa shape index (κ3) is 5.28. The Balaban J connectivity index is 1.75. The molecule has 2 amide bonds. The second kappa shape index (κ2) is 10.5. The molecule has 0 unspecified atom stereocenters. The molecule has 0 atom stereocenters. The van der Waals surface area contributed by atoms with Gasteiger partial charge in [-0.15, -0.1) is 0 Å². The molecule has 2 heterocycles. The van der Waals surface area contributed by atoms with E-state index in [4.69, 9.17) is 10.5 Å². The lowest BCUT2D eigenvalue weighted by Gasteiger charge is -2.23. The molecule has 4 N–H and O–H groups in total. The van der Waals surface area contributed by atoms with Crippen LogP contribution in [0.2, 0.25) is 0 Å². The van der Waals surface area contributed by atoms with Gasteiger partial charge in [-0.1, -0.05) is 30.8 Å². The fraction of sp³-hybridized carbons (Fsp3) is 0.241. The summed E-state index contributed by atoms with van der Waals surface area (Å²) in [6.07, 6.45) is 1.44. The maximum Gasteiger partial charge on any atom is 0.251 e. The van der Waals surface area contributed by atoms with E-state index in [1.807, 2.05) is 61.9 Å². The highest BCUT2D eigenvalue weighted by Gasteiger charge is 2.23. The first-order chi connectivity index (χ1) is 18.0. The lowest BCUT2D eigenvalue weighted by atomic mass is 9.97. The van der Waals surface area contributed by atoms with Crippen LogP contribution in [-0.2, 0) is 16.6 Å². The molecule has 2 aromatic carbocycles. The van der Waals surface area contributed by atoms with Crippen LogP contribution >= 0.6 is 0 Å². The maximum atomic E-state index is 12.7. The molecule has 0 fully saturated rings. The highest BCUT2D eigenvalue weighted by atomic mass is 16.5. The molecule has 0 radical (unpaired) electrons. The zero-order chi connectivity index (χ0) is 27.6. The monoisotopic (exact) mass is 512 g/mol. The van der Waals surface area contributed by atoms with Crippen LogP contribution < -0.4 is 16.4 Å². The molecule has 4 rings (SSSR count). The molecule has 9 heteroatoms. The van der Waals surface area contributed by atoms with Gasteiger partial charge in [-0.05, 0) is 56.2 Å². The number of nitrogens with zero attached hydrogens (tertiary/aromatic N) is 3. The standard InChI is InChI=1S/C29H32N6O3/c1-17(2)27(36)34-21-13-11-19(12-14-21)24-22(23-25(30)32-16-33-26(23)35(24)5)18-7-9-20(10-8-18)28(37)31-15-29(3,4)38-6/h7-14,16H,1,15H2,2-6H3,(H,31,37)(H,34,36)(H2,30,32,33). The summed E-state index contributed by atoms with van der Waals surface area (Å²) in [7, 11) is 3.54. The van der Waals surface area contributed by atoms with Gasteiger partial charge in [0, 0.05) is 43.1 Å². The van der Waals surface area contributed by atoms with Gasteiger partial charge in [-0.2, -0.15) is 0 Å². The third-order valence-electron chi connectivity index (χ3n) is 6.46. The predicted molar refractivity (Wildman–Crippen MR) is 151 cm³/mol. The van der Waals surface area contributed by atoms with E-state index >= 15 is 0 Å². The van der Waals surface area contributed by atoms with Crippen molar-refractivity contribution >= 4 is 34.4 Å². The van der Waals surface area contributed by atoms with Gasteiger partial charge in [0.1, 0.15) is 17.8 Å². The molecule has 0 spiro atoms. The molecular weight excluding hydrogens is 480 g/mol. The minimum atomic E-state index is -0.464. The lowest BCUT2D eigenvalue weighted by molar-refractivity contribution is -0.112. The Morgan fingerprint density at radius 1 is 1.05 bits per heavy atom. The summed E-state index contributed by atoms with van der Waals surface area (Å²) in [5.41, 5.74) is 11.7. The van der Waals surface area contributed by atoms with E-state index in [2.05, 4.69) is 27.2 Å². The largest absolute Gasteiger partial charge is 0.383 e. The number of aryl methyl sites for hydroxylation is 1. The molecule has 0 saturated heterocycles. The van der Waals surface area contributed by atoms with Crippen molar-refractivity contribution in [3.63, 3.8) is 0 Å². The SMILES string of the molecule is C=C(C)C(=O)Nc1ccc(-c2c(-c3ccc(C(=O)NCC(C)(C)OC)cc3)c3c(N)ncnc3n2C)cc1. The molecular formula is C29H32N6O3. The number of carbonyl (C=O) groups excluding carboxylic acids is 2. The Morgan fingerprint density at radius 2 is 1.68 bits per heavy atom. The number of hydrogen-bond acceptors (Lipinski definition) is 6. The number of benzene rings is 2. The van der Waals surface area contributed by atoms with E-state index in [1.54, 1.807) is 26.2 Å². The average molecular weight is 513 g/mol. The van der Waals surface area contributed by atoms with Crippen LogP contribution in [0, 0.1) is 0 Å². The number of amides is 2. The molecule has 2 aromatic heterocycles. The van der Waals surface area contributed by atoms with Gasteiger partial charge in [-0.25, -0.2) is 9.97 Å². The van der Waals surface area contributed by atoms with Gasteiger partial charge in [-0.3, -0.25) is 9.59 Å². The summed E-state index contributed by atoms with van der Waals surface area (Å²) >= 11 is 0. The molecule has 4 aromatic rings. The van der Waals surface area contributed by atoms with Crippen molar-refractivity contribution in [3.8, 4) is 22.4 Å². The number of methoxy groups -OCH3 is 1. The highest BCUT2D eigenvalue weighted by molar-refractivity contribution is 6.08. The van der Waals surface area contributed by atoms with Crippen molar-refractivity contribution in [2.75, 3.05) is 24.7 Å². The number of rotatable bonds is 8. The van der Waals surface area contributed by atoms with E-state index in [0.29, 0.717) is 34.8 Å². The first kappa shape index (κ1) is 26.6. The summed E-state index contributed by atoms with van der Waals surface area (Å²) in [6.45, 7) is 9.54. The Labute approximate surface area is 221 Å². The third-order valence-corrected chi connectivity index (χ3v) is 6.46. The minimum Gasteiger partial charge on any atom is -0.383 e. The molecule has 0 bridgehead atoms. The van der Waals surface area contributed by atoms with E-state index in [9.17, 15) is 9.59 Å². The zero-order valence-electron chi connectivity index (χ0n) is 22.3. The highest BCUT2D eigenvalue weighted by Crippen LogP contribution is 2.41. The van der Waals surface area contributed by atoms with Gasteiger partial charge in [0.2, 0.25) is 0 Å². The van der Waals surface area contributed by atoms with Crippen LogP contribution in [0.3, 0.4) is 0 Å². The number of aromatic nitrogens is 3. The Hall–Kier alpha value is -4.50. The molecule has 0 aliphatic rings. The summed E-state index contributed by atoms with van der Waals surface area (Å²) in [5.74, 6) is -0.0585. The normalized spacial score (nSPS) is 11.4. The first-order valence-electron chi connectivity index (χ1n) is 12.1. The quantitative estimate of drug-likeness (QED) is 0.298. The predicted octanol–water partition coefficient (Wildman–Crippen LogP) is 4.55. The summed E-state index contributed by atoms with van der Waals surface area (Å²) < 4.78 is 7.35. The topological polar surface area (TPSA) is 124 Å². The maximum absolute atomic E-state index is 12.7. The number of nitrogen functional groups attached to an aromatic ring is 1. The fourth-order valence-electron chi connectivity index (χ4n) is 4.10. The molecule has 0 aliphatic heterocycles. The number of ether oxygens (including phenoxy) is 1. The van der Waals surface area contributed by atoms with Crippen LogP contribution in [0.1, 0.15) is 31.1 Å². The Bertz CT molecular complexity index is 1520. The van der Waals surface area contributed by atoms with Crippen LogP contribution in [0.5, 0.6) is 0 Å². The van der Waals surface area contributed by atoms with Gasteiger partial charge in [0.15, 0.2) is 0 Å². The second-order valence-corrected chi connectivity index (χ2v) is 9.78. The van der Waals surface area contributed by atoms with Gasteiger partial charge >= 0.3 is 0 Å². The smallest absolute Gasteiger partial charge is 0.251 e. The fourth-order valence-corrected chi connectivity index (χ4v) is 4.10. The minimum absolute atomic E-state index is 0.185. The number of carbonyl (C=O) groups is 2. The lowest BCUT2D eigenvalue weighted by Crippen LogP contribution is -2.39. The number of anilines is 2. The van der Waals surface area contributed by atoms with Crippen molar-refractivity contribution in [1.82, 2.24) is 19.9 Å². The van der Waals surface area contributed by atoms with Gasteiger partial charge in [0.25, 0.3) is 11.8 Å². The molecule has 0 aliphatic carbocycles. The number of fused-ring (bicyclic) bond motifs is 1. The Morgan fingerprint density at radius 3 is 2.29 bits per heavy atom. The van der Waals surface area contributed by atoms with Gasteiger partial charge in [0.05, 0.1) is 16.7 Å². The number of nitrogens with one attached hydrogen (secondary N) is 2. The van der Waals surface area contributed by atoms with Crippen LogP contribution in [0.4, 0.5) is 11.5 Å². The molecule has 0 saturated carbocycles. The second-order valence-electron chi connectivity index (χ2n) is 9.78. The van der Waals surface area contributed by atoms with Crippen molar-refractivity contribution < 1.29 is 14.3 Å². The number of nitrogens with two attached hydrogens (primary N) is 1. The average Bonchev–Trinajstić information content (AvgIpc) is 3.21. The van der Waals surface area contributed by atoms with Crippen LogP contribution in [0.25, 0.3) is 33.4 Å². The zero-order valence-corrected chi connectivity index (χ0v) is 22.3. The summed E-state index contributed by atoms with van der Waals surface area (Å²) in [5, 5.41) is 6.46. The summed E-state index contributed by atoms with van der Waals surface area (Å²) in [6, 6.07) is 14.9. The van der Waals surface area contributed by atoms with E-state index < -0.39 is 5.60 Å². The van der Waals surface area contributed by atoms with Gasteiger partial charge < -0.3 is 25.7 Å². The molecule has 38 heavy (non-hydrogen) atoms. The van der Waals surface area contributed by atoms with Crippen molar-refractivity contribution in [2.24, 2.45) is 7.05 Å². The van der Waals surface area contributed by atoms with E-state index in [1.165, 1.54) is 6.33 Å². The first-order valence-corrected chi connectivity index (χ1v) is 12.1.